The molecule has 0 spiro atoms. The molecule has 0 radical (unpaired) electrons. The van der Waals surface area contributed by atoms with Crippen LogP contribution in [0.2, 0.25) is 0 Å². The molecule has 1 heterocycles. The standard InChI is InChI=1S/C13H13F4NO4S/c14-10-7-8(4-5-9(10)13(15,16)17)23(21,22)18-6-2-1-3-11(18)12(19)20/h4-5,7,11H,1-3,6H2,(H,19,20). The first-order valence-electron chi connectivity index (χ1n) is 6.66. The Morgan fingerprint density at radius 1 is 1.26 bits per heavy atom. The van der Waals surface area contributed by atoms with E-state index in [2.05, 4.69) is 0 Å². The van der Waals surface area contributed by atoms with Gasteiger partial charge in [-0.1, -0.05) is 0 Å². The Bertz CT molecular complexity index is 717. The second-order valence-corrected chi connectivity index (χ2v) is 7.00. The zero-order valence-corrected chi connectivity index (χ0v) is 12.5. The van der Waals surface area contributed by atoms with Gasteiger partial charge in [0.05, 0.1) is 10.5 Å². The second-order valence-electron chi connectivity index (χ2n) is 5.10. The van der Waals surface area contributed by atoms with Crippen LogP contribution in [0.3, 0.4) is 0 Å². The van der Waals surface area contributed by atoms with Crippen LogP contribution in [0.25, 0.3) is 0 Å². The van der Waals surface area contributed by atoms with Gasteiger partial charge in [0.15, 0.2) is 0 Å². The maximum absolute atomic E-state index is 13.6. The van der Waals surface area contributed by atoms with Gasteiger partial charge >= 0.3 is 12.1 Å². The summed E-state index contributed by atoms with van der Waals surface area (Å²) in [6, 6.07) is -0.0679. The normalized spacial score (nSPS) is 20.4. The molecule has 0 amide bonds. The van der Waals surface area contributed by atoms with E-state index in [4.69, 9.17) is 5.11 Å². The molecule has 1 aliphatic heterocycles. The van der Waals surface area contributed by atoms with E-state index in [1.165, 1.54) is 0 Å². The third-order valence-electron chi connectivity index (χ3n) is 3.59. The van der Waals surface area contributed by atoms with Crippen molar-refractivity contribution in [2.45, 2.75) is 36.4 Å². The molecule has 1 aromatic carbocycles. The van der Waals surface area contributed by atoms with Gasteiger partial charge in [0.2, 0.25) is 10.0 Å². The summed E-state index contributed by atoms with van der Waals surface area (Å²) in [5.41, 5.74) is -1.58. The van der Waals surface area contributed by atoms with Crippen LogP contribution < -0.4 is 0 Å². The van der Waals surface area contributed by atoms with Crippen molar-refractivity contribution in [2.24, 2.45) is 0 Å². The Morgan fingerprint density at radius 3 is 2.43 bits per heavy atom. The summed E-state index contributed by atoms with van der Waals surface area (Å²) in [6.07, 6.45) is -3.91. The molecule has 23 heavy (non-hydrogen) atoms. The number of nitrogens with zero attached hydrogens (tertiary/aromatic N) is 1. The number of carboxylic acids is 1. The van der Waals surface area contributed by atoms with E-state index in [9.17, 15) is 30.8 Å². The molecule has 1 aliphatic rings. The molecule has 1 N–H and O–H groups in total. The number of alkyl halides is 3. The number of hydrogen-bond donors (Lipinski definition) is 1. The average Bonchev–Trinajstić information content (AvgIpc) is 2.45. The van der Waals surface area contributed by atoms with Gasteiger partial charge in [0.25, 0.3) is 0 Å². The first-order chi connectivity index (χ1) is 10.5. The molecular weight excluding hydrogens is 342 g/mol. The number of carboxylic acid groups (broad SMARTS) is 1. The van der Waals surface area contributed by atoms with Crippen LogP contribution in [0, 0.1) is 5.82 Å². The summed E-state index contributed by atoms with van der Waals surface area (Å²) >= 11 is 0. The van der Waals surface area contributed by atoms with E-state index in [1.807, 2.05) is 0 Å². The van der Waals surface area contributed by atoms with Gasteiger partial charge in [-0.15, -0.1) is 0 Å². The molecular formula is C13H13F4NO4S. The van der Waals surface area contributed by atoms with Gasteiger partial charge in [0.1, 0.15) is 11.9 Å². The number of piperidine rings is 1. The summed E-state index contributed by atoms with van der Waals surface area (Å²) in [4.78, 5) is 10.5. The highest BCUT2D eigenvalue weighted by molar-refractivity contribution is 7.89. The van der Waals surface area contributed by atoms with Crippen LogP contribution >= 0.6 is 0 Å². The minimum Gasteiger partial charge on any atom is -0.480 e. The smallest absolute Gasteiger partial charge is 0.419 e. The van der Waals surface area contributed by atoms with Crippen LogP contribution in [0.15, 0.2) is 23.1 Å². The van der Waals surface area contributed by atoms with Gasteiger partial charge in [-0.05, 0) is 37.5 Å². The van der Waals surface area contributed by atoms with Gasteiger partial charge in [-0.25, -0.2) is 12.8 Å². The molecule has 10 heteroatoms. The Hall–Kier alpha value is -1.68. The van der Waals surface area contributed by atoms with Crippen molar-refractivity contribution in [3.8, 4) is 0 Å². The van der Waals surface area contributed by atoms with Crippen molar-refractivity contribution in [1.82, 2.24) is 4.31 Å². The van der Waals surface area contributed by atoms with Crippen molar-refractivity contribution < 1.29 is 35.9 Å². The van der Waals surface area contributed by atoms with Gasteiger partial charge in [-0.2, -0.15) is 17.5 Å². The Morgan fingerprint density at radius 2 is 1.91 bits per heavy atom. The summed E-state index contributed by atoms with van der Waals surface area (Å²) in [5.74, 6) is -3.07. The topological polar surface area (TPSA) is 74.7 Å². The van der Waals surface area contributed by atoms with Gasteiger partial charge < -0.3 is 5.11 Å². The van der Waals surface area contributed by atoms with Gasteiger partial charge in [0, 0.05) is 6.54 Å². The number of sulfonamides is 1. The largest absolute Gasteiger partial charge is 0.480 e. The van der Waals surface area contributed by atoms with Gasteiger partial charge in [-0.3, -0.25) is 4.79 Å². The summed E-state index contributed by atoms with van der Waals surface area (Å²) in [6.45, 7) is -0.0814. The van der Waals surface area contributed by atoms with E-state index < -0.39 is 44.5 Å². The molecule has 0 saturated carbocycles. The number of hydrogen-bond acceptors (Lipinski definition) is 3. The van der Waals surface area contributed by atoms with E-state index >= 15 is 0 Å². The lowest BCUT2D eigenvalue weighted by Gasteiger charge is -2.31. The predicted octanol–water partition coefficient (Wildman–Crippen LogP) is 2.47. The van der Waals surface area contributed by atoms with Crippen molar-refractivity contribution in [3.63, 3.8) is 0 Å². The summed E-state index contributed by atoms with van der Waals surface area (Å²) in [5, 5.41) is 9.10. The maximum atomic E-state index is 13.6. The Labute approximate surface area is 129 Å². The van der Waals surface area contributed by atoms with Crippen LogP contribution in [0.5, 0.6) is 0 Å². The third kappa shape index (κ3) is 3.47. The number of carbonyl (C=O) groups is 1. The number of halogens is 4. The molecule has 1 aromatic rings. The molecule has 5 nitrogen and oxygen atoms in total. The van der Waals surface area contributed by atoms with Crippen molar-refractivity contribution in [1.29, 1.82) is 0 Å². The van der Waals surface area contributed by atoms with Crippen molar-refractivity contribution in [3.05, 3.63) is 29.6 Å². The van der Waals surface area contributed by atoms with E-state index in [0.717, 1.165) is 0 Å². The van der Waals surface area contributed by atoms with Crippen LogP contribution in [-0.2, 0) is 21.0 Å². The third-order valence-corrected chi connectivity index (χ3v) is 5.50. The number of benzene rings is 1. The number of aliphatic carboxylic acids is 1. The Balaban J connectivity index is 2.43. The fourth-order valence-corrected chi connectivity index (χ4v) is 4.12. The lowest BCUT2D eigenvalue weighted by Crippen LogP contribution is -2.47. The molecule has 128 valence electrons. The van der Waals surface area contributed by atoms with E-state index in [0.29, 0.717) is 29.3 Å². The van der Waals surface area contributed by atoms with Crippen LogP contribution in [-0.4, -0.2) is 36.4 Å². The minimum absolute atomic E-state index is 0.0814. The lowest BCUT2D eigenvalue weighted by molar-refractivity contribution is -0.142. The predicted molar refractivity (Wildman–Crippen MR) is 70.6 cm³/mol. The lowest BCUT2D eigenvalue weighted by atomic mass is 10.1. The molecule has 0 aromatic heterocycles. The van der Waals surface area contributed by atoms with E-state index in [1.54, 1.807) is 0 Å². The van der Waals surface area contributed by atoms with Crippen LogP contribution in [0.1, 0.15) is 24.8 Å². The molecule has 1 saturated heterocycles. The highest BCUT2D eigenvalue weighted by Gasteiger charge is 2.39. The number of rotatable bonds is 3. The molecule has 1 unspecified atom stereocenters. The molecule has 0 bridgehead atoms. The zero-order valence-electron chi connectivity index (χ0n) is 11.7. The monoisotopic (exact) mass is 355 g/mol. The fraction of sp³-hybridized carbons (Fsp3) is 0.462. The first-order valence-corrected chi connectivity index (χ1v) is 8.10. The Kier molecular flexibility index (Phi) is 4.67. The first kappa shape index (κ1) is 17.7. The minimum atomic E-state index is -4.94. The van der Waals surface area contributed by atoms with Crippen molar-refractivity contribution in [2.75, 3.05) is 6.54 Å². The molecule has 0 aliphatic carbocycles. The summed E-state index contributed by atoms with van der Waals surface area (Å²) < 4.78 is 76.7. The highest BCUT2D eigenvalue weighted by atomic mass is 32.2. The van der Waals surface area contributed by atoms with Crippen LogP contribution in [0.4, 0.5) is 17.6 Å². The summed E-state index contributed by atoms with van der Waals surface area (Å²) in [7, 11) is -4.40. The zero-order chi connectivity index (χ0) is 17.4. The maximum Gasteiger partial charge on any atom is 0.419 e. The fourth-order valence-electron chi connectivity index (χ4n) is 2.46. The quantitative estimate of drug-likeness (QED) is 0.846. The molecule has 1 atom stereocenters. The molecule has 2 rings (SSSR count). The highest BCUT2D eigenvalue weighted by Crippen LogP contribution is 2.33. The van der Waals surface area contributed by atoms with Crippen molar-refractivity contribution >= 4 is 16.0 Å². The average molecular weight is 355 g/mol. The second kappa shape index (κ2) is 6.08. The molecule has 1 fully saturated rings. The van der Waals surface area contributed by atoms with E-state index in [-0.39, 0.29) is 19.0 Å². The SMILES string of the molecule is O=C(O)C1CCCCN1S(=O)(=O)c1ccc(C(F)(F)F)c(F)c1.